The quantitative estimate of drug-likeness (QED) is 0.863. The molecule has 2 heterocycles. The molecule has 0 radical (unpaired) electrons. The van der Waals surface area contributed by atoms with E-state index in [0.29, 0.717) is 0 Å². The lowest BCUT2D eigenvalue weighted by Gasteiger charge is -2.46. The Kier molecular flexibility index (Phi) is 3.28. The number of hydrogen-bond donors (Lipinski definition) is 1. The third kappa shape index (κ3) is 2.39. The first-order valence-corrected chi connectivity index (χ1v) is 9.39. The monoisotopic (exact) mass is 322 g/mol. The molecule has 2 aromatic rings. The van der Waals surface area contributed by atoms with Crippen molar-refractivity contribution in [2.24, 2.45) is 0 Å². The first kappa shape index (κ1) is 13.7. The Balaban J connectivity index is 1.60. The normalized spacial score (nSPS) is 25.8. The van der Waals surface area contributed by atoms with Gasteiger partial charge in [0.25, 0.3) is 0 Å². The van der Waals surface area contributed by atoms with E-state index in [1.54, 1.807) is 0 Å². The van der Waals surface area contributed by atoms with Crippen LogP contribution in [-0.2, 0) is 15.5 Å². The summed E-state index contributed by atoms with van der Waals surface area (Å²) in [5, 5.41) is 0.178. The predicted octanol–water partition coefficient (Wildman–Crippen LogP) is 3.09. The first-order valence-electron chi connectivity index (χ1n) is 7.36. The molecule has 4 nitrogen and oxygen atoms in total. The van der Waals surface area contributed by atoms with Crippen molar-refractivity contribution < 1.29 is 8.95 Å². The lowest BCUT2D eigenvalue weighted by atomic mass is 9.75. The topological polar surface area (TPSA) is 65.2 Å². The molecule has 1 spiro atoms. The number of ether oxygens (including phenoxy) is 1. The molecule has 1 saturated heterocycles. The van der Waals surface area contributed by atoms with Gasteiger partial charge < -0.3 is 10.5 Å². The van der Waals surface area contributed by atoms with Crippen molar-refractivity contribution in [2.45, 2.75) is 47.3 Å². The van der Waals surface area contributed by atoms with Crippen molar-refractivity contribution in [3.8, 4) is 0 Å². The van der Waals surface area contributed by atoms with Gasteiger partial charge in [-0.25, -0.2) is 4.98 Å². The van der Waals surface area contributed by atoms with Gasteiger partial charge in [-0.3, -0.25) is 4.21 Å². The second kappa shape index (κ2) is 5.04. The molecule has 0 amide bonds. The molecule has 21 heavy (non-hydrogen) atoms. The second-order valence-corrected chi connectivity index (χ2v) is 8.94. The average Bonchev–Trinajstić information content (AvgIpc) is 2.88. The number of thiazole rings is 1. The van der Waals surface area contributed by atoms with E-state index >= 15 is 0 Å². The fraction of sp³-hybridized carbons (Fsp3) is 0.533. The van der Waals surface area contributed by atoms with Gasteiger partial charge in [0.1, 0.15) is 0 Å². The molecule has 2 fully saturated rings. The lowest BCUT2D eigenvalue weighted by molar-refractivity contribution is -0.125. The molecule has 1 aliphatic carbocycles. The zero-order valence-electron chi connectivity index (χ0n) is 11.7. The van der Waals surface area contributed by atoms with Gasteiger partial charge in [-0.1, -0.05) is 0 Å². The zero-order chi connectivity index (χ0) is 14.4. The first-order chi connectivity index (χ1) is 10.2. The Morgan fingerprint density at radius 2 is 2.29 bits per heavy atom. The summed E-state index contributed by atoms with van der Waals surface area (Å²) < 4.78 is 20.5. The van der Waals surface area contributed by atoms with Gasteiger partial charge >= 0.3 is 0 Å². The molecule has 4 rings (SSSR count). The summed E-state index contributed by atoms with van der Waals surface area (Å²) in [5.41, 5.74) is 7.44. The number of nitrogens with two attached hydrogens (primary N) is 1. The Hall–Kier alpha value is -0.980. The van der Waals surface area contributed by atoms with E-state index in [2.05, 4.69) is 4.98 Å². The van der Waals surface area contributed by atoms with E-state index in [1.165, 1.54) is 17.8 Å². The Bertz CT molecular complexity index is 709. The molecule has 2 aliphatic rings. The minimum atomic E-state index is -1.04. The van der Waals surface area contributed by atoms with Crippen LogP contribution in [0, 0.1) is 0 Å². The standard InChI is InChI=1S/C15H18N2O2S2/c16-10-2-3-12-13(8-10)20-14(17-12)21(18)11-4-7-19-15(9-11)5-1-6-15/h2-3,8,11H,1,4-7,9,16H2. The molecule has 1 saturated carbocycles. The summed E-state index contributed by atoms with van der Waals surface area (Å²) in [7, 11) is -1.04. The van der Waals surface area contributed by atoms with Crippen molar-refractivity contribution in [1.29, 1.82) is 0 Å². The van der Waals surface area contributed by atoms with Crippen LogP contribution in [-0.4, -0.2) is 26.7 Å². The average molecular weight is 322 g/mol. The van der Waals surface area contributed by atoms with Crippen molar-refractivity contribution in [3.63, 3.8) is 0 Å². The summed E-state index contributed by atoms with van der Waals surface area (Å²) in [4.78, 5) is 4.54. The van der Waals surface area contributed by atoms with Crippen molar-refractivity contribution in [1.82, 2.24) is 4.98 Å². The van der Waals surface area contributed by atoms with Gasteiger partial charge in [0, 0.05) is 17.5 Å². The summed E-state index contributed by atoms with van der Waals surface area (Å²) in [5.74, 6) is 0. The minimum absolute atomic E-state index is 0.0275. The van der Waals surface area contributed by atoms with Gasteiger partial charge in [0.2, 0.25) is 0 Å². The second-order valence-electron chi connectivity index (χ2n) is 6.00. The highest BCUT2D eigenvalue weighted by molar-refractivity contribution is 7.88. The molecule has 2 N–H and O–H groups in total. The molecule has 112 valence electrons. The fourth-order valence-electron chi connectivity index (χ4n) is 3.23. The van der Waals surface area contributed by atoms with Crippen LogP contribution in [0.3, 0.4) is 0 Å². The summed E-state index contributed by atoms with van der Waals surface area (Å²) in [6.07, 6.45) is 5.26. The van der Waals surface area contributed by atoms with Gasteiger partial charge in [-0.15, -0.1) is 11.3 Å². The minimum Gasteiger partial charge on any atom is -0.399 e. The van der Waals surface area contributed by atoms with Crippen LogP contribution < -0.4 is 5.73 Å². The fourth-order valence-corrected chi connectivity index (χ4v) is 6.22. The van der Waals surface area contributed by atoms with Gasteiger partial charge in [0.15, 0.2) is 4.34 Å². The van der Waals surface area contributed by atoms with Crippen LogP contribution in [0.15, 0.2) is 22.5 Å². The van der Waals surface area contributed by atoms with Crippen LogP contribution >= 0.6 is 11.3 Å². The highest BCUT2D eigenvalue weighted by Gasteiger charge is 2.44. The summed E-state index contributed by atoms with van der Waals surface area (Å²) in [6, 6.07) is 5.65. The van der Waals surface area contributed by atoms with Crippen molar-refractivity contribution in [2.75, 3.05) is 12.3 Å². The molecule has 0 bridgehead atoms. The van der Waals surface area contributed by atoms with Gasteiger partial charge in [-0.2, -0.15) is 0 Å². The highest BCUT2D eigenvalue weighted by Crippen LogP contribution is 2.44. The number of benzene rings is 1. The maximum atomic E-state index is 12.9. The SMILES string of the molecule is Nc1ccc2nc(S(=O)C3CCOC4(CCC4)C3)sc2c1. The zero-order valence-corrected chi connectivity index (χ0v) is 13.3. The van der Waals surface area contributed by atoms with Crippen LogP contribution in [0.5, 0.6) is 0 Å². The highest BCUT2D eigenvalue weighted by atomic mass is 32.2. The Morgan fingerprint density at radius 3 is 3.05 bits per heavy atom. The van der Waals surface area contributed by atoms with Gasteiger partial charge in [-0.05, 0) is 50.3 Å². The molecule has 1 aromatic carbocycles. The number of nitrogens with zero attached hydrogens (tertiary/aromatic N) is 1. The number of nitrogen functional groups attached to an aromatic ring is 1. The predicted molar refractivity (Wildman–Crippen MR) is 86.0 cm³/mol. The van der Waals surface area contributed by atoms with E-state index in [-0.39, 0.29) is 10.9 Å². The lowest BCUT2D eigenvalue weighted by Crippen LogP contribution is -2.48. The summed E-state index contributed by atoms with van der Waals surface area (Å²) in [6.45, 7) is 0.730. The van der Waals surface area contributed by atoms with Gasteiger partial charge in [0.05, 0.1) is 26.6 Å². The third-order valence-corrected chi connectivity index (χ3v) is 7.58. The number of hydrogen-bond acceptors (Lipinski definition) is 5. The molecule has 6 heteroatoms. The number of fused-ring (bicyclic) bond motifs is 1. The summed E-state index contributed by atoms with van der Waals surface area (Å²) >= 11 is 1.51. The third-order valence-electron chi connectivity index (χ3n) is 4.58. The molecule has 2 atom stereocenters. The van der Waals surface area contributed by atoms with E-state index in [4.69, 9.17) is 10.5 Å². The number of rotatable bonds is 2. The smallest absolute Gasteiger partial charge is 0.182 e. The van der Waals surface area contributed by atoms with E-state index < -0.39 is 10.8 Å². The molecule has 1 aromatic heterocycles. The molecule has 1 aliphatic heterocycles. The van der Waals surface area contributed by atoms with Crippen molar-refractivity contribution in [3.05, 3.63) is 18.2 Å². The van der Waals surface area contributed by atoms with E-state index in [9.17, 15) is 4.21 Å². The maximum absolute atomic E-state index is 12.9. The Morgan fingerprint density at radius 1 is 1.43 bits per heavy atom. The van der Waals surface area contributed by atoms with Crippen LogP contribution in [0.4, 0.5) is 5.69 Å². The molecule has 2 unspecified atom stereocenters. The number of anilines is 1. The molecular weight excluding hydrogens is 304 g/mol. The maximum Gasteiger partial charge on any atom is 0.182 e. The van der Waals surface area contributed by atoms with E-state index in [0.717, 1.165) is 52.5 Å². The Labute approximate surface area is 130 Å². The van der Waals surface area contributed by atoms with Crippen LogP contribution in [0.25, 0.3) is 10.2 Å². The van der Waals surface area contributed by atoms with Crippen LogP contribution in [0.1, 0.15) is 32.1 Å². The number of aromatic nitrogens is 1. The van der Waals surface area contributed by atoms with Crippen LogP contribution in [0.2, 0.25) is 0 Å². The van der Waals surface area contributed by atoms with E-state index in [1.807, 2.05) is 18.2 Å². The largest absolute Gasteiger partial charge is 0.399 e. The molecular formula is C15H18N2O2S2. The van der Waals surface area contributed by atoms with Crippen molar-refractivity contribution >= 4 is 38.0 Å².